The number of likely N-dealkylation sites (tertiary alicyclic amines) is 2. The van der Waals surface area contributed by atoms with Crippen molar-refractivity contribution in [2.45, 2.75) is 89.2 Å². The number of fused-ring (bicyclic) bond motifs is 1. The van der Waals surface area contributed by atoms with E-state index in [9.17, 15) is 14.7 Å². The van der Waals surface area contributed by atoms with Crippen LogP contribution in [0, 0.1) is 5.92 Å². The highest BCUT2D eigenvalue weighted by atomic mass is 32.1. The minimum Gasteiger partial charge on any atom is -0.393 e. The summed E-state index contributed by atoms with van der Waals surface area (Å²) in [7, 11) is 0. The van der Waals surface area contributed by atoms with Crippen molar-refractivity contribution in [3.05, 3.63) is 45.9 Å². The molecule has 1 aromatic carbocycles. The van der Waals surface area contributed by atoms with E-state index in [1.165, 1.54) is 18.4 Å². The van der Waals surface area contributed by atoms with Crippen LogP contribution >= 0.6 is 11.3 Å². The molecule has 2 saturated heterocycles. The number of aryl methyl sites for hydroxylation is 1. The summed E-state index contributed by atoms with van der Waals surface area (Å²) in [5.74, 6) is 0.502. The lowest BCUT2D eigenvalue weighted by atomic mass is 9.76. The maximum Gasteiger partial charge on any atom is 0.321 e. The molecule has 37 heavy (non-hydrogen) atoms. The second-order valence-corrected chi connectivity index (χ2v) is 11.8. The summed E-state index contributed by atoms with van der Waals surface area (Å²) in [6.07, 6.45) is 9.76. The fourth-order valence-corrected chi connectivity index (χ4v) is 7.23. The van der Waals surface area contributed by atoms with Crippen molar-refractivity contribution in [1.29, 1.82) is 0 Å². The number of nitrogens with one attached hydrogen (secondary N) is 1. The molecule has 7 nitrogen and oxygen atoms in total. The summed E-state index contributed by atoms with van der Waals surface area (Å²) in [6.45, 7) is 4.17. The van der Waals surface area contributed by atoms with E-state index in [0.717, 1.165) is 55.6 Å². The van der Waals surface area contributed by atoms with Gasteiger partial charge in [-0.25, -0.2) is 9.78 Å². The van der Waals surface area contributed by atoms with Crippen molar-refractivity contribution in [3.8, 4) is 0 Å². The summed E-state index contributed by atoms with van der Waals surface area (Å²) in [5.41, 5.74) is 2.68. The first kappa shape index (κ1) is 26.2. The molecule has 1 saturated carbocycles. The van der Waals surface area contributed by atoms with Gasteiger partial charge in [0.05, 0.1) is 11.1 Å². The number of unbranched alkanes of at least 4 members (excludes halogenated alkanes) is 1. The summed E-state index contributed by atoms with van der Waals surface area (Å²) >= 11 is 1.57. The van der Waals surface area contributed by atoms with Crippen LogP contribution in [-0.2, 0) is 6.42 Å². The second kappa shape index (κ2) is 11.9. The molecule has 1 aromatic heterocycles. The van der Waals surface area contributed by atoms with Crippen LogP contribution in [0.2, 0.25) is 0 Å². The van der Waals surface area contributed by atoms with Crippen LogP contribution in [0.1, 0.15) is 91.7 Å². The Morgan fingerprint density at radius 1 is 1.05 bits per heavy atom. The standard InChI is InChI=1S/C29H40N4O3S/c1-2-3-6-20-9-11-22(12-10-20)30-29(36)32-16-13-21(14-17-32)27-31-24(19-37-27)28(35)33-18-15-26(34)23-7-4-5-8-25(23)33/h9-12,19,21,23,25-26,34H,2-8,13-18H2,1H3,(H,30,36). The minimum atomic E-state index is -0.284. The minimum absolute atomic E-state index is 0.0174. The zero-order valence-corrected chi connectivity index (χ0v) is 22.7. The molecule has 1 aliphatic carbocycles. The molecule has 2 N–H and O–H groups in total. The Hall–Kier alpha value is -2.45. The van der Waals surface area contributed by atoms with Crippen LogP contribution in [0.15, 0.2) is 29.6 Å². The maximum absolute atomic E-state index is 13.4. The third-order valence-electron chi connectivity index (χ3n) is 8.50. The first-order chi connectivity index (χ1) is 18.0. The van der Waals surface area contributed by atoms with E-state index in [2.05, 4.69) is 24.4 Å². The number of anilines is 1. The van der Waals surface area contributed by atoms with Crippen LogP contribution in [0.3, 0.4) is 0 Å². The molecule has 3 atom stereocenters. The molecular weight excluding hydrogens is 484 g/mol. The molecule has 0 spiro atoms. The summed E-state index contributed by atoms with van der Waals surface area (Å²) in [5, 5.41) is 16.4. The topological polar surface area (TPSA) is 85.8 Å². The lowest BCUT2D eigenvalue weighted by Crippen LogP contribution is -2.54. The highest BCUT2D eigenvalue weighted by Gasteiger charge is 2.41. The van der Waals surface area contributed by atoms with E-state index in [1.807, 2.05) is 27.3 Å². The van der Waals surface area contributed by atoms with Gasteiger partial charge in [0.1, 0.15) is 5.69 Å². The molecular formula is C29H40N4O3S. The molecule has 3 unspecified atom stereocenters. The van der Waals surface area contributed by atoms with Crippen LogP contribution in [0.5, 0.6) is 0 Å². The predicted molar refractivity (Wildman–Crippen MR) is 147 cm³/mol. The maximum atomic E-state index is 13.4. The van der Waals surface area contributed by atoms with Crippen LogP contribution in [0.25, 0.3) is 0 Å². The Bertz CT molecular complexity index is 1060. The molecule has 2 aromatic rings. The Labute approximate surface area is 224 Å². The molecule has 0 bridgehead atoms. The number of aliphatic hydroxyl groups excluding tert-OH is 1. The highest BCUT2D eigenvalue weighted by Crippen LogP contribution is 2.37. The van der Waals surface area contributed by atoms with Gasteiger partial charge in [-0.05, 0) is 62.6 Å². The molecule has 200 valence electrons. The predicted octanol–water partition coefficient (Wildman–Crippen LogP) is 5.66. The number of benzene rings is 1. The Morgan fingerprint density at radius 2 is 1.81 bits per heavy atom. The summed E-state index contributed by atoms with van der Waals surface area (Å²) in [4.78, 5) is 34.8. The molecule has 3 fully saturated rings. The number of carbonyl (C=O) groups is 2. The third-order valence-corrected chi connectivity index (χ3v) is 9.51. The molecule has 3 aliphatic rings. The normalized spacial score (nSPS) is 24.5. The number of amides is 3. The number of rotatable bonds is 6. The average Bonchev–Trinajstić information content (AvgIpc) is 3.43. The van der Waals surface area contributed by atoms with Crippen LogP contribution < -0.4 is 5.32 Å². The Morgan fingerprint density at radius 3 is 2.57 bits per heavy atom. The van der Waals surface area contributed by atoms with Crippen molar-refractivity contribution in [2.75, 3.05) is 25.0 Å². The van der Waals surface area contributed by atoms with E-state index in [0.29, 0.717) is 31.7 Å². The number of thiazole rings is 1. The zero-order valence-electron chi connectivity index (χ0n) is 21.9. The van der Waals surface area contributed by atoms with Gasteiger partial charge in [0.25, 0.3) is 5.91 Å². The van der Waals surface area contributed by atoms with Crippen molar-refractivity contribution in [1.82, 2.24) is 14.8 Å². The van der Waals surface area contributed by atoms with Gasteiger partial charge >= 0.3 is 6.03 Å². The van der Waals surface area contributed by atoms with E-state index >= 15 is 0 Å². The highest BCUT2D eigenvalue weighted by molar-refractivity contribution is 7.09. The summed E-state index contributed by atoms with van der Waals surface area (Å²) < 4.78 is 0. The quantitative estimate of drug-likeness (QED) is 0.510. The first-order valence-corrected chi connectivity index (χ1v) is 15.0. The molecule has 8 heteroatoms. The second-order valence-electron chi connectivity index (χ2n) is 10.9. The van der Waals surface area contributed by atoms with Gasteiger partial charge in [0.15, 0.2) is 0 Å². The lowest BCUT2D eigenvalue weighted by Gasteiger charge is -2.46. The monoisotopic (exact) mass is 524 g/mol. The van der Waals surface area contributed by atoms with Crippen molar-refractivity contribution >= 4 is 29.0 Å². The number of aliphatic hydroxyl groups is 1. The number of carbonyl (C=O) groups excluding carboxylic acids is 2. The van der Waals surface area contributed by atoms with Crippen molar-refractivity contribution in [2.24, 2.45) is 5.92 Å². The number of aromatic nitrogens is 1. The third kappa shape index (κ3) is 6.01. The first-order valence-electron chi connectivity index (χ1n) is 14.1. The van der Waals surface area contributed by atoms with Crippen LogP contribution in [-0.4, -0.2) is 63.6 Å². The van der Waals surface area contributed by atoms with E-state index in [4.69, 9.17) is 4.98 Å². The zero-order chi connectivity index (χ0) is 25.8. The fraction of sp³-hybridized carbons (Fsp3) is 0.621. The molecule has 2 aliphatic heterocycles. The summed E-state index contributed by atoms with van der Waals surface area (Å²) in [6, 6.07) is 8.26. The van der Waals surface area contributed by atoms with Gasteiger partial charge in [-0.15, -0.1) is 11.3 Å². The SMILES string of the molecule is CCCCc1ccc(NC(=O)N2CCC(c3nc(C(=O)N4CCC(O)C5CCCCC54)cs3)CC2)cc1. The Balaban J connectivity index is 1.13. The van der Waals surface area contributed by atoms with E-state index < -0.39 is 0 Å². The fourth-order valence-electron chi connectivity index (χ4n) is 6.27. The van der Waals surface area contributed by atoms with Gasteiger partial charge in [-0.1, -0.05) is 38.3 Å². The molecule has 5 rings (SSSR count). The van der Waals surface area contributed by atoms with Crippen molar-refractivity contribution in [3.63, 3.8) is 0 Å². The number of piperidine rings is 2. The largest absolute Gasteiger partial charge is 0.393 e. The van der Waals surface area contributed by atoms with Crippen molar-refractivity contribution < 1.29 is 14.7 Å². The lowest BCUT2D eigenvalue weighted by molar-refractivity contribution is -0.0264. The number of urea groups is 1. The van der Waals surface area contributed by atoms with Gasteiger partial charge in [-0.3, -0.25) is 4.79 Å². The Kier molecular flexibility index (Phi) is 8.45. The van der Waals surface area contributed by atoms with E-state index in [-0.39, 0.29) is 35.9 Å². The number of hydrogen-bond donors (Lipinski definition) is 2. The van der Waals surface area contributed by atoms with Gasteiger partial charge in [0.2, 0.25) is 0 Å². The molecule has 0 radical (unpaired) electrons. The number of nitrogens with zero attached hydrogens (tertiary/aromatic N) is 3. The molecule has 3 amide bonds. The average molecular weight is 525 g/mol. The molecule has 3 heterocycles. The van der Waals surface area contributed by atoms with Crippen LogP contribution in [0.4, 0.5) is 10.5 Å². The smallest absolute Gasteiger partial charge is 0.321 e. The van der Waals surface area contributed by atoms with Gasteiger partial charge in [-0.2, -0.15) is 0 Å². The van der Waals surface area contributed by atoms with Gasteiger partial charge in [0, 0.05) is 48.6 Å². The number of hydrogen-bond acceptors (Lipinski definition) is 5. The van der Waals surface area contributed by atoms with Gasteiger partial charge < -0.3 is 20.2 Å². The van der Waals surface area contributed by atoms with E-state index in [1.54, 1.807) is 11.3 Å².